The number of para-hydroxylation sites is 1. The van der Waals surface area contributed by atoms with Gasteiger partial charge in [0.2, 0.25) is 0 Å². The van der Waals surface area contributed by atoms with Crippen molar-refractivity contribution in [2.75, 3.05) is 31.6 Å². The minimum Gasteiger partial charge on any atom is -0.457 e. The molecule has 1 heterocycles. The van der Waals surface area contributed by atoms with Gasteiger partial charge in [0.1, 0.15) is 11.5 Å². The number of benzene rings is 3. The number of nitrogens with one attached hydrogen (secondary N) is 1. The fraction of sp³-hybridized carbons (Fsp3) is 0.240. The number of hydrogen-bond acceptors (Lipinski definition) is 4. The van der Waals surface area contributed by atoms with Crippen LogP contribution in [0.4, 0.5) is 5.69 Å². The fourth-order valence-electron chi connectivity index (χ4n) is 3.49. The second-order valence-corrected chi connectivity index (χ2v) is 7.43. The van der Waals surface area contributed by atoms with E-state index in [1.165, 1.54) is 11.1 Å². The molecule has 1 fully saturated rings. The molecule has 7 heteroatoms. The summed E-state index contributed by atoms with van der Waals surface area (Å²) < 4.78 is 11.3. The van der Waals surface area contributed by atoms with E-state index in [-0.39, 0.29) is 24.0 Å². The Hall–Kier alpha value is -2.62. The molecular weight excluding hydrogens is 515 g/mol. The maximum absolute atomic E-state index is 6.16. The molecule has 0 aromatic heterocycles. The first kappa shape index (κ1) is 24.0. The summed E-state index contributed by atoms with van der Waals surface area (Å²) in [5.74, 6) is 1.90. The third-order valence-corrected chi connectivity index (χ3v) is 5.12. The highest BCUT2D eigenvalue weighted by atomic mass is 127. The zero-order valence-corrected chi connectivity index (χ0v) is 20.3. The van der Waals surface area contributed by atoms with Crippen molar-refractivity contribution in [3.8, 4) is 11.5 Å². The molecule has 1 aliphatic heterocycles. The van der Waals surface area contributed by atoms with Crippen LogP contribution in [0, 0.1) is 0 Å². The topological polar surface area (TPSA) is 72.1 Å². The zero-order chi connectivity index (χ0) is 21.3. The van der Waals surface area contributed by atoms with E-state index in [1.54, 1.807) is 0 Å². The lowest BCUT2D eigenvalue weighted by Crippen LogP contribution is -2.35. The van der Waals surface area contributed by atoms with E-state index < -0.39 is 0 Å². The Morgan fingerprint density at radius 2 is 1.59 bits per heavy atom. The van der Waals surface area contributed by atoms with E-state index in [0.717, 1.165) is 50.0 Å². The maximum Gasteiger partial charge on any atom is 0.193 e. The molecule has 0 unspecified atom stereocenters. The fourth-order valence-corrected chi connectivity index (χ4v) is 3.49. The monoisotopic (exact) mass is 544 g/mol. The van der Waals surface area contributed by atoms with Gasteiger partial charge in [0.15, 0.2) is 5.96 Å². The molecule has 168 valence electrons. The van der Waals surface area contributed by atoms with Crippen LogP contribution >= 0.6 is 24.0 Å². The summed E-state index contributed by atoms with van der Waals surface area (Å²) >= 11 is 0. The summed E-state index contributed by atoms with van der Waals surface area (Å²) in [7, 11) is 0. The molecule has 0 atom stereocenters. The molecule has 0 aliphatic carbocycles. The van der Waals surface area contributed by atoms with Crippen molar-refractivity contribution in [1.82, 2.24) is 4.90 Å². The molecule has 3 N–H and O–H groups in total. The maximum atomic E-state index is 6.16. The van der Waals surface area contributed by atoms with Gasteiger partial charge in [0.25, 0.3) is 0 Å². The Kier molecular flexibility index (Phi) is 9.33. The SMILES string of the molecule is I.NC(=NCc1ccccc1CN1CCOCC1)Nc1cccc(Oc2ccccc2)c1. The van der Waals surface area contributed by atoms with Crippen LogP contribution in [0.15, 0.2) is 83.9 Å². The standard InChI is InChI=1S/C25H28N4O2.HI/c26-25(28-22-9-6-12-24(17-22)31-23-10-2-1-3-11-23)27-18-20-7-4-5-8-21(20)19-29-13-15-30-16-14-29;/h1-12,17H,13-16,18-19H2,(H3,26,27,28);1H. The van der Waals surface area contributed by atoms with Crippen LogP contribution in [0.3, 0.4) is 0 Å². The summed E-state index contributed by atoms with van der Waals surface area (Å²) in [6.07, 6.45) is 0. The van der Waals surface area contributed by atoms with Gasteiger partial charge in [-0.1, -0.05) is 48.5 Å². The highest BCUT2D eigenvalue weighted by Crippen LogP contribution is 2.23. The predicted molar refractivity (Wildman–Crippen MR) is 140 cm³/mol. The van der Waals surface area contributed by atoms with E-state index >= 15 is 0 Å². The van der Waals surface area contributed by atoms with Crippen LogP contribution in [0.5, 0.6) is 11.5 Å². The summed E-state index contributed by atoms with van der Waals surface area (Å²) in [5, 5.41) is 3.16. The minimum absolute atomic E-state index is 0. The number of nitrogens with zero attached hydrogens (tertiary/aromatic N) is 2. The summed E-state index contributed by atoms with van der Waals surface area (Å²) in [6, 6.07) is 25.8. The second kappa shape index (κ2) is 12.4. The van der Waals surface area contributed by atoms with Gasteiger partial charge in [0.05, 0.1) is 19.8 Å². The van der Waals surface area contributed by atoms with Gasteiger partial charge >= 0.3 is 0 Å². The number of aliphatic imine (C=N–C) groups is 1. The van der Waals surface area contributed by atoms with Gasteiger partial charge in [-0.25, -0.2) is 4.99 Å². The van der Waals surface area contributed by atoms with Crippen molar-refractivity contribution in [2.45, 2.75) is 13.1 Å². The van der Waals surface area contributed by atoms with E-state index in [0.29, 0.717) is 12.5 Å². The molecule has 0 radical (unpaired) electrons. The van der Waals surface area contributed by atoms with Crippen LogP contribution in [0.2, 0.25) is 0 Å². The number of halogens is 1. The van der Waals surface area contributed by atoms with Gasteiger partial charge in [-0.15, -0.1) is 24.0 Å². The Labute approximate surface area is 206 Å². The lowest BCUT2D eigenvalue weighted by Gasteiger charge is -2.27. The molecule has 0 spiro atoms. The van der Waals surface area contributed by atoms with Crippen molar-refractivity contribution in [3.05, 3.63) is 90.0 Å². The second-order valence-electron chi connectivity index (χ2n) is 7.43. The molecule has 1 saturated heterocycles. The van der Waals surface area contributed by atoms with Crippen LogP contribution in [0.1, 0.15) is 11.1 Å². The van der Waals surface area contributed by atoms with Crippen molar-refractivity contribution in [3.63, 3.8) is 0 Å². The summed E-state index contributed by atoms with van der Waals surface area (Å²) in [6.45, 7) is 4.95. The average molecular weight is 544 g/mol. The number of nitrogens with two attached hydrogens (primary N) is 1. The van der Waals surface area contributed by atoms with Crippen LogP contribution in [-0.2, 0) is 17.8 Å². The van der Waals surface area contributed by atoms with E-state index in [9.17, 15) is 0 Å². The van der Waals surface area contributed by atoms with Gasteiger partial charge in [-0.05, 0) is 35.4 Å². The number of hydrogen-bond donors (Lipinski definition) is 2. The first-order valence-corrected chi connectivity index (χ1v) is 10.5. The first-order valence-electron chi connectivity index (χ1n) is 10.5. The Morgan fingerprint density at radius 1 is 0.906 bits per heavy atom. The lowest BCUT2D eigenvalue weighted by atomic mass is 10.1. The van der Waals surface area contributed by atoms with Crippen molar-refractivity contribution in [2.24, 2.45) is 10.7 Å². The number of morpholine rings is 1. The molecule has 3 aromatic rings. The molecule has 0 saturated carbocycles. The van der Waals surface area contributed by atoms with Crippen molar-refractivity contribution >= 4 is 35.6 Å². The number of anilines is 1. The Morgan fingerprint density at radius 3 is 2.38 bits per heavy atom. The average Bonchev–Trinajstić information content (AvgIpc) is 2.80. The highest BCUT2D eigenvalue weighted by Gasteiger charge is 2.12. The van der Waals surface area contributed by atoms with E-state index in [2.05, 4.69) is 33.4 Å². The summed E-state index contributed by atoms with van der Waals surface area (Å²) in [4.78, 5) is 6.97. The first-order chi connectivity index (χ1) is 15.3. The van der Waals surface area contributed by atoms with Gasteiger partial charge < -0.3 is 20.5 Å². The van der Waals surface area contributed by atoms with Gasteiger partial charge in [-0.2, -0.15) is 0 Å². The minimum atomic E-state index is 0. The van der Waals surface area contributed by atoms with E-state index in [1.807, 2.05) is 60.7 Å². The highest BCUT2D eigenvalue weighted by molar-refractivity contribution is 14.0. The third-order valence-electron chi connectivity index (χ3n) is 5.12. The Balaban J connectivity index is 0.00000289. The van der Waals surface area contributed by atoms with Gasteiger partial charge in [0, 0.05) is 31.4 Å². The molecule has 32 heavy (non-hydrogen) atoms. The number of guanidine groups is 1. The normalized spacial score (nSPS) is 14.4. The molecule has 3 aromatic carbocycles. The van der Waals surface area contributed by atoms with Crippen LogP contribution in [-0.4, -0.2) is 37.2 Å². The lowest BCUT2D eigenvalue weighted by molar-refractivity contribution is 0.0341. The molecule has 6 nitrogen and oxygen atoms in total. The largest absolute Gasteiger partial charge is 0.457 e. The molecule has 0 amide bonds. The van der Waals surface area contributed by atoms with Crippen molar-refractivity contribution < 1.29 is 9.47 Å². The molecule has 0 bridgehead atoms. The third kappa shape index (κ3) is 7.22. The molecular formula is C25H29IN4O2. The van der Waals surface area contributed by atoms with Gasteiger partial charge in [-0.3, -0.25) is 4.90 Å². The number of ether oxygens (including phenoxy) is 2. The zero-order valence-electron chi connectivity index (χ0n) is 17.9. The molecule has 4 rings (SSSR count). The van der Waals surface area contributed by atoms with E-state index in [4.69, 9.17) is 15.2 Å². The van der Waals surface area contributed by atoms with Crippen molar-refractivity contribution in [1.29, 1.82) is 0 Å². The molecule has 1 aliphatic rings. The predicted octanol–water partition coefficient (Wildman–Crippen LogP) is 4.86. The Bertz CT molecular complexity index is 1010. The smallest absolute Gasteiger partial charge is 0.193 e. The number of rotatable bonds is 7. The van der Waals surface area contributed by atoms with Crippen LogP contribution in [0.25, 0.3) is 0 Å². The quantitative estimate of drug-likeness (QED) is 0.253. The summed E-state index contributed by atoms with van der Waals surface area (Å²) in [5.41, 5.74) is 9.45. The van der Waals surface area contributed by atoms with Crippen LogP contribution < -0.4 is 15.8 Å².